The lowest BCUT2D eigenvalue weighted by Crippen LogP contribution is -2.43. The van der Waals surface area contributed by atoms with E-state index in [0.29, 0.717) is 18.5 Å². The van der Waals surface area contributed by atoms with Crippen LogP contribution in [0.25, 0.3) is 0 Å². The second-order valence-electron chi connectivity index (χ2n) is 7.58. The van der Waals surface area contributed by atoms with Crippen LogP contribution in [0.4, 0.5) is 10.1 Å². The third-order valence-corrected chi connectivity index (χ3v) is 5.06. The van der Waals surface area contributed by atoms with Gasteiger partial charge in [-0.15, -0.1) is 0 Å². The lowest BCUT2D eigenvalue weighted by atomic mass is 9.71. The number of rotatable bonds is 7. The fourth-order valence-corrected chi connectivity index (χ4v) is 3.79. The summed E-state index contributed by atoms with van der Waals surface area (Å²) in [4.78, 5) is 0. The predicted octanol–water partition coefficient (Wildman–Crippen LogP) is 3.28. The number of alkyl halides is 1. The summed E-state index contributed by atoms with van der Waals surface area (Å²) in [5, 5.41) is 3.58. The van der Waals surface area contributed by atoms with Gasteiger partial charge in [0, 0.05) is 11.7 Å². The molecule has 4 heteroatoms. The number of nitrogen functional groups attached to an aromatic ring is 1. The average molecular weight is 321 g/mol. The molecule has 1 fully saturated rings. The Labute approximate surface area is 140 Å². The van der Waals surface area contributed by atoms with Gasteiger partial charge in [-0.2, -0.15) is 0 Å². The molecule has 0 radical (unpaired) electrons. The molecular weight excluding hydrogens is 289 g/mol. The standard InChI is InChI=1S/C19H32FN3/c1-19(2,20)16-10-15(9-14-5-3-6-17(22)11-14)12-18(13-16)23-8-4-7-21/h3,5-6,11,15-16,18,23H,4,7-10,12-13,21-22H2,1-2H3. The summed E-state index contributed by atoms with van der Waals surface area (Å²) in [5.41, 5.74) is 12.4. The van der Waals surface area contributed by atoms with Gasteiger partial charge in [0.2, 0.25) is 0 Å². The maximum atomic E-state index is 14.5. The molecule has 3 unspecified atom stereocenters. The van der Waals surface area contributed by atoms with Crippen LogP contribution in [0.5, 0.6) is 0 Å². The molecule has 0 bridgehead atoms. The fraction of sp³-hybridized carbons (Fsp3) is 0.684. The minimum absolute atomic E-state index is 0.109. The van der Waals surface area contributed by atoms with Crippen molar-refractivity contribution in [2.24, 2.45) is 17.6 Å². The number of benzene rings is 1. The summed E-state index contributed by atoms with van der Waals surface area (Å²) in [5.74, 6) is 0.610. The second kappa shape index (κ2) is 8.11. The van der Waals surface area contributed by atoms with E-state index in [0.717, 1.165) is 44.3 Å². The van der Waals surface area contributed by atoms with E-state index < -0.39 is 5.67 Å². The maximum absolute atomic E-state index is 14.5. The summed E-state index contributed by atoms with van der Waals surface area (Å²) in [6.07, 6.45) is 4.92. The van der Waals surface area contributed by atoms with Crippen LogP contribution < -0.4 is 16.8 Å². The molecule has 2 rings (SSSR count). The van der Waals surface area contributed by atoms with E-state index in [9.17, 15) is 4.39 Å². The highest BCUT2D eigenvalue weighted by molar-refractivity contribution is 5.40. The minimum Gasteiger partial charge on any atom is -0.399 e. The van der Waals surface area contributed by atoms with Crippen molar-refractivity contribution in [3.63, 3.8) is 0 Å². The lowest BCUT2D eigenvalue weighted by molar-refractivity contribution is 0.0602. The van der Waals surface area contributed by atoms with Crippen LogP contribution in [0.1, 0.15) is 45.1 Å². The van der Waals surface area contributed by atoms with Gasteiger partial charge in [-0.3, -0.25) is 0 Å². The van der Waals surface area contributed by atoms with Crippen molar-refractivity contribution < 1.29 is 4.39 Å². The first kappa shape index (κ1) is 18.2. The summed E-state index contributed by atoms with van der Waals surface area (Å²) in [6, 6.07) is 8.47. The van der Waals surface area contributed by atoms with E-state index in [4.69, 9.17) is 11.5 Å². The predicted molar refractivity (Wildman–Crippen MR) is 96.0 cm³/mol. The second-order valence-corrected chi connectivity index (χ2v) is 7.58. The molecular formula is C19H32FN3. The zero-order chi connectivity index (χ0) is 16.9. The van der Waals surface area contributed by atoms with Gasteiger partial charge in [-0.25, -0.2) is 4.39 Å². The van der Waals surface area contributed by atoms with E-state index in [2.05, 4.69) is 11.4 Å². The lowest BCUT2D eigenvalue weighted by Gasteiger charge is -2.40. The molecule has 0 aromatic heterocycles. The Morgan fingerprint density at radius 3 is 2.70 bits per heavy atom. The minimum atomic E-state index is -1.12. The number of nitrogens with two attached hydrogens (primary N) is 2. The van der Waals surface area contributed by atoms with Gasteiger partial charge in [-0.1, -0.05) is 12.1 Å². The molecule has 1 aliphatic carbocycles. The molecule has 0 heterocycles. The normalized spacial score (nSPS) is 25.5. The molecule has 1 aromatic carbocycles. The van der Waals surface area contributed by atoms with Crippen molar-refractivity contribution in [2.45, 2.75) is 57.7 Å². The Hall–Kier alpha value is -1.13. The van der Waals surface area contributed by atoms with Gasteiger partial charge in [0.1, 0.15) is 5.67 Å². The molecule has 3 atom stereocenters. The van der Waals surface area contributed by atoms with E-state index in [-0.39, 0.29) is 5.92 Å². The molecule has 0 aliphatic heterocycles. The maximum Gasteiger partial charge on any atom is 0.108 e. The highest BCUT2D eigenvalue weighted by Gasteiger charge is 2.37. The molecule has 0 amide bonds. The number of halogens is 1. The Balaban J connectivity index is 2.01. The van der Waals surface area contributed by atoms with Gasteiger partial charge >= 0.3 is 0 Å². The summed E-state index contributed by atoms with van der Waals surface area (Å²) < 4.78 is 14.5. The van der Waals surface area contributed by atoms with E-state index in [1.165, 1.54) is 5.56 Å². The Kier molecular flexibility index (Phi) is 6.42. The summed E-state index contributed by atoms with van der Waals surface area (Å²) in [6.45, 7) is 5.06. The van der Waals surface area contributed by atoms with Crippen molar-refractivity contribution in [1.29, 1.82) is 0 Å². The van der Waals surface area contributed by atoms with Crippen LogP contribution in [-0.2, 0) is 6.42 Å². The van der Waals surface area contributed by atoms with E-state index >= 15 is 0 Å². The zero-order valence-corrected chi connectivity index (χ0v) is 14.5. The molecule has 23 heavy (non-hydrogen) atoms. The van der Waals surface area contributed by atoms with Crippen molar-refractivity contribution in [3.8, 4) is 0 Å². The highest BCUT2D eigenvalue weighted by atomic mass is 19.1. The Bertz CT molecular complexity index is 484. The van der Waals surface area contributed by atoms with E-state index in [1.54, 1.807) is 13.8 Å². The monoisotopic (exact) mass is 321 g/mol. The molecule has 1 aromatic rings. The van der Waals surface area contributed by atoms with Crippen LogP contribution in [0.15, 0.2) is 24.3 Å². The summed E-state index contributed by atoms with van der Waals surface area (Å²) >= 11 is 0. The van der Waals surface area contributed by atoms with Crippen LogP contribution in [-0.4, -0.2) is 24.8 Å². The quantitative estimate of drug-likeness (QED) is 0.533. The van der Waals surface area contributed by atoms with Crippen molar-refractivity contribution >= 4 is 5.69 Å². The topological polar surface area (TPSA) is 64.1 Å². The molecule has 0 saturated heterocycles. The first-order chi connectivity index (χ1) is 10.9. The van der Waals surface area contributed by atoms with Crippen LogP contribution in [0.2, 0.25) is 0 Å². The largest absolute Gasteiger partial charge is 0.399 e. The van der Waals surface area contributed by atoms with Gasteiger partial charge in [0.15, 0.2) is 0 Å². The average Bonchev–Trinajstić information content (AvgIpc) is 2.46. The molecule has 5 N–H and O–H groups in total. The van der Waals surface area contributed by atoms with Crippen LogP contribution in [0, 0.1) is 11.8 Å². The third kappa shape index (κ3) is 5.78. The first-order valence-electron chi connectivity index (χ1n) is 8.85. The van der Waals surface area contributed by atoms with Gasteiger partial charge in [-0.05, 0) is 88.6 Å². The zero-order valence-electron chi connectivity index (χ0n) is 14.5. The van der Waals surface area contributed by atoms with Crippen molar-refractivity contribution in [3.05, 3.63) is 29.8 Å². The van der Waals surface area contributed by atoms with Crippen molar-refractivity contribution in [1.82, 2.24) is 5.32 Å². The van der Waals surface area contributed by atoms with Crippen LogP contribution >= 0.6 is 0 Å². The molecule has 130 valence electrons. The smallest absolute Gasteiger partial charge is 0.108 e. The number of nitrogens with one attached hydrogen (secondary N) is 1. The molecule has 1 aliphatic rings. The van der Waals surface area contributed by atoms with Crippen LogP contribution in [0.3, 0.4) is 0 Å². The number of anilines is 1. The van der Waals surface area contributed by atoms with E-state index in [1.807, 2.05) is 18.2 Å². The SMILES string of the molecule is CC(C)(F)C1CC(Cc2cccc(N)c2)CC(NCCCN)C1. The van der Waals surface area contributed by atoms with Gasteiger partial charge in [0.25, 0.3) is 0 Å². The molecule has 0 spiro atoms. The molecule has 1 saturated carbocycles. The third-order valence-electron chi connectivity index (χ3n) is 5.06. The number of hydrogen-bond donors (Lipinski definition) is 3. The van der Waals surface area contributed by atoms with Crippen molar-refractivity contribution in [2.75, 3.05) is 18.8 Å². The Morgan fingerprint density at radius 1 is 1.26 bits per heavy atom. The number of hydrogen-bond acceptors (Lipinski definition) is 3. The highest BCUT2D eigenvalue weighted by Crippen LogP contribution is 2.39. The van der Waals surface area contributed by atoms with Gasteiger partial charge < -0.3 is 16.8 Å². The molecule has 3 nitrogen and oxygen atoms in total. The fourth-order valence-electron chi connectivity index (χ4n) is 3.79. The summed E-state index contributed by atoms with van der Waals surface area (Å²) in [7, 11) is 0. The Morgan fingerprint density at radius 2 is 2.04 bits per heavy atom. The van der Waals surface area contributed by atoms with Gasteiger partial charge in [0.05, 0.1) is 0 Å². The first-order valence-corrected chi connectivity index (χ1v) is 8.85.